The van der Waals surface area contributed by atoms with Crippen molar-refractivity contribution in [3.63, 3.8) is 0 Å². The van der Waals surface area contributed by atoms with Gasteiger partial charge in [0.1, 0.15) is 0 Å². The average molecular weight is 370 g/mol. The van der Waals surface area contributed by atoms with Crippen LogP contribution in [0, 0.1) is 11.6 Å². The molecule has 7 nitrogen and oxygen atoms in total. The molecule has 0 radical (unpaired) electrons. The number of hydrogen-bond acceptors (Lipinski definition) is 4. The molecular formula is C17H24F2N4O3. The number of hydrogen-bond donors (Lipinski definition) is 2. The van der Waals surface area contributed by atoms with Crippen LogP contribution in [0.1, 0.15) is 13.8 Å². The Bertz CT molecular complexity index is 651. The fraction of sp³-hybridized carbons (Fsp3) is 0.471. The highest BCUT2D eigenvalue weighted by Crippen LogP contribution is 2.12. The predicted molar refractivity (Wildman–Crippen MR) is 93.4 cm³/mol. The Morgan fingerprint density at radius 2 is 1.65 bits per heavy atom. The van der Waals surface area contributed by atoms with Gasteiger partial charge in [-0.2, -0.15) is 0 Å². The molecule has 0 unspecified atom stereocenters. The molecule has 0 aromatic heterocycles. The van der Waals surface area contributed by atoms with Gasteiger partial charge in [-0.3, -0.25) is 19.3 Å². The molecule has 0 aliphatic rings. The number of rotatable bonds is 9. The number of carbonyl (C=O) groups excluding carboxylic acids is 3. The van der Waals surface area contributed by atoms with Crippen molar-refractivity contribution in [2.75, 3.05) is 45.1 Å². The lowest BCUT2D eigenvalue weighted by atomic mass is 10.3. The zero-order valence-corrected chi connectivity index (χ0v) is 15.1. The molecule has 0 saturated carbocycles. The van der Waals surface area contributed by atoms with Gasteiger partial charge in [-0.15, -0.1) is 0 Å². The van der Waals surface area contributed by atoms with Gasteiger partial charge in [-0.25, -0.2) is 8.78 Å². The maximum atomic E-state index is 13.1. The standard InChI is InChI=1S/C17H24F2N4O3/c1-4-23(5-2)17(26)11-22(3)10-16(25)20-9-15(24)21-12-6-7-13(18)14(19)8-12/h6-8H,4-5,9-11H2,1-3H3,(H,20,25)(H,21,24). The summed E-state index contributed by atoms with van der Waals surface area (Å²) < 4.78 is 25.9. The van der Waals surface area contributed by atoms with Crippen LogP contribution in [0.4, 0.5) is 14.5 Å². The Morgan fingerprint density at radius 3 is 2.23 bits per heavy atom. The molecule has 0 saturated heterocycles. The topological polar surface area (TPSA) is 81.8 Å². The predicted octanol–water partition coefficient (Wildman–Crippen LogP) is 0.820. The maximum absolute atomic E-state index is 13.1. The SMILES string of the molecule is CCN(CC)C(=O)CN(C)CC(=O)NCC(=O)Nc1ccc(F)c(F)c1. The van der Waals surface area contributed by atoms with Crippen molar-refractivity contribution < 1.29 is 23.2 Å². The Hall–Kier alpha value is -2.55. The van der Waals surface area contributed by atoms with Gasteiger partial charge in [0.2, 0.25) is 17.7 Å². The van der Waals surface area contributed by atoms with E-state index in [0.29, 0.717) is 13.1 Å². The first kappa shape index (κ1) is 21.5. The molecule has 9 heteroatoms. The Kier molecular flexibility index (Phi) is 8.63. The van der Waals surface area contributed by atoms with Crippen LogP contribution >= 0.6 is 0 Å². The molecule has 1 aromatic carbocycles. The molecule has 26 heavy (non-hydrogen) atoms. The van der Waals surface area contributed by atoms with Gasteiger partial charge in [0, 0.05) is 24.8 Å². The van der Waals surface area contributed by atoms with Crippen LogP contribution in [-0.2, 0) is 14.4 Å². The fourth-order valence-electron chi connectivity index (χ4n) is 2.22. The van der Waals surface area contributed by atoms with Gasteiger partial charge in [0.25, 0.3) is 0 Å². The molecule has 144 valence electrons. The number of nitrogens with one attached hydrogen (secondary N) is 2. The highest BCUT2D eigenvalue weighted by atomic mass is 19.2. The van der Waals surface area contributed by atoms with E-state index in [4.69, 9.17) is 0 Å². The molecule has 0 fully saturated rings. The zero-order valence-electron chi connectivity index (χ0n) is 15.1. The molecule has 0 heterocycles. The number of nitrogens with zero attached hydrogens (tertiary/aromatic N) is 2. The van der Waals surface area contributed by atoms with Gasteiger partial charge in [0.15, 0.2) is 11.6 Å². The van der Waals surface area contributed by atoms with Crippen LogP contribution in [0.25, 0.3) is 0 Å². The van der Waals surface area contributed by atoms with Crippen LogP contribution in [0.3, 0.4) is 0 Å². The number of halogens is 2. The summed E-state index contributed by atoms with van der Waals surface area (Å²) >= 11 is 0. The minimum Gasteiger partial charge on any atom is -0.346 e. The van der Waals surface area contributed by atoms with E-state index in [1.807, 2.05) is 13.8 Å². The number of likely N-dealkylation sites (N-methyl/N-ethyl adjacent to an activating group) is 2. The molecule has 1 aromatic rings. The van der Waals surface area contributed by atoms with E-state index in [-0.39, 0.29) is 31.2 Å². The van der Waals surface area contributed by atoms with Gasteiger partial charge < -0.3 is 15.5 Å². The van der Waals surface area contributed by atoms with E-state index in [2.05, 4.69) is 10.6 Å². The fourth-order valence-corrected chi connectivity index (χ4v) is 2.22. The zero-order chi connectivity index (χ0) is 19.7. The van der Waals surface area contributed by atoms with Gasteiger partial charge in [-0.05, 0) is 33.0 Å². The third kappa shape index (κ3) is 7.14. The van der Waals surface area contributed by atoms with Gasteiger partial charge in [0.05, 0.1) is 19.6 Å². The summed E-state index contributed by atoms with van der Waals surface area (Å²) in [5.41, 5.74) is 0.0880. The normalized spacial score (nSPS) is 10.5. The van der Waals surface area contributed by atoms with Crippen LogP contribution in [0.5, 0.6) is 0 Å². The van der Waals surface area contributed by atoms with E-state index in [0.717, 1.165) is 12.1 Å². The first-order valence-electron chi connectivity index (χ1n) is 8.24. The molecule has 0 bridgehead atoms. The molecule has 1 rings (SSSR count). The molecule has 0 aliphatic carbocycles. The first-order valence-corrected chi connectivity index (χ1v) is 8.24. The lowest BCUT2D eigenvalue weighted by Gasteiger charge is -2.22. The van der Waals surface area contributed by atoms with Crippen LogP contribution in [0.2, 0.25) is 0 Å². The highest BCUT2D eigenvalue weighted by Gasteiger charge is 2.15. The monoisotopic (exact) mass is 370 g/mol. The lowest BCUT2D eigenvalue weighted by molar-refractivity contribution is -0.132. The Balaban J connectivity index is 2.37. The van der Waals surface area contributed by atoms with E-state index in [1.165, 1.54) is 6.07 Å². The number of amides is 3. The second kappa shape index (κ2) is 10.4. The molecule has 3 amide bonds. The van der Waals surface area contributed by atoms with Crippen molar-refractivity contribution in [2.24, 2.45) is 0 Å². The number of benzene rings is 1. The quantitative estimate of drug-likeness (QED) is 0.674. The summed E-state index contributed by atoms with van der Waals surface area (Å²) in [7, 11) is 1.63. The second-order valence-corrected chi connectivity index (χ2v) is 5.69. The summed E-state index contributed by atoms with van der Waals surface area (Å²) in [6.45, 7) is 4.66. The summed E-state index contributed by atoms with van der Waals surface area (Å²) in [6.07, 6.45) is 0. The van der Waals surface area contributed by atoms with Crippen molar-refractivity contribution in [1.29, 1.82) is 0 Å². The van der Waals surface area contributed by atoms with Gasteiger partial charge >= 0.3 is 0 Å². The van der Waals surface area contributed by atoms with Gasteiger partial charge in [-0.1, -0.05) is 0 Å². The van der Waals surface area contributed by atoms with Crippen LogP contribution in [0.15, 0.2) is 18.2 Å². The minimum atomic E-state index is -1.08. The summed E-state index contributed by atoms with van der Waals surface area (Å²) in [6, 6.07) is 2.96. The van der Waals surface area contributed by atoms with Crippen molar-refractivity contribution in [3.8, 4) is 0 Å². The van der Waals surface area contributed by atoms with E-state index >= 15 is 0 Å². The van der Waals surface area contributed by atoms with Crippen molar-refractivity contribution >= 4 is 23.4 Å². The average Bonchev–Trinajstić information content (AvgIpc) is 2.57. The summed E-state index contributed by atoms with van der Waals surface area (Å²) in [5.74, 6) is -3.18. The largest absolute Gasteiger partial charge is 0.346 e. The van der Waals surface area contributed by atoms with E-state index < -0.39 is 23.4 Å². The van der Waals surface area contributed by atoms with Crippen molar-refractivity contribution in [3.05, 3.63) is 29.8 Å². The first-order chi connectivity index (χ1) is 12.3. The minimum absolute atomic E-state index is 0.0501. The van der Waals surface area contributed by atoms with Crippen molar-refractivity contribution in [2.45, 2.75) is 13.8 Å². The van der Waals surface area contributed by atoms with E-state index in [1.54, 1.807) is 16.8 Å². The molecule has 0 aliphatic heterocycles. The van der Waals surface area contributed by atoms with Crippen LogP contribution < -0.4 is 10.6 Å². The Labute approximate surface area is 151 Å². The van der Waals surface area contributed by atoms with E-state index in [9.17, 15) is 23.2 Å². The molecule has 0 spiro atoms. The number of anilines is 1. The number of carbonyl (C=O) groups is 3. The molecule has 0 atom stereocenters. The third-order valence-electron chi connectivity index (χ3n) is 3.58. The molecular weight excluding hydrogens is 346 g/mol. The maximum Gasteiger partial charge on any atom is 0.243 e. The smallest absolute Gasteiger partial charge is 0.243 e. The second-order valence-electron chi connectivity index (χ2n) is 5.69. The lowest BCUT2D eigenvalue weighted by Crippen LogP contribution is -2.43. The van der Waals surface area contributed by atoms with Crippen LogP contribution in [-0.4, -0.2) is 67.3 Å². The molecule has 2 N–H and O–H groups in total. The van der Waals surface area contributed by atoms with Crippen molar-refractivity contribution in [1.82, 2.24) is 15.1 Å². The summed E-state index contributed by atoms with van der Waals surface area (Å²) in [5, 5.41) is 4.75. The summed E-state index contributed by atoms with van der Waals surface area (Å²) in [4.78, 5) is 38.7. The third-order valence-corrected chi connectivity index (χ3v) is 3.58. The Morgan fingerprint density at radius 1 is 1.00 bits per heavy atom. The highest BCUT2D eigenvalue weighted by molar-refractivity contribution is 5.94.